The lowest BCUT2D eigenvalue weighted by Gasteiger charge is -2.06. The molecule has 0 aliphatic rings. The first-order valence-corrected chi connectivity index (χ1v) is 9.08. The number of carbonyl (C=O) groups is 2. The Morgan fingerprint density at radius 3 is 2.37 bits per heavy atom. The number of anilines is 1. The summed E-state index contributed by atoms with van der Waals surface area (Å²) in [5.74, 6) is 0.454. The number of hydrogen-bond acceptors (Lipinski definition) is 4. The van der Waals surface area contributed by atoms with Gasteiger partial charge < -0.3 is 10.1 Å². The van der Waals surface area contributed by atoms with Crippen LogP contribution in [0, 0.1) is 0 Å². The summed E-state index contributed by atoms with van der Waals surface area (Å²) < 4.78 is 5.37. The van der Waals surface area contributed by atoms with Gasteiger partial charge in [0.2, 0.25) is 5.91 Å². The Bertz CT molecular complexity index is 768. The van der Waals surface area contributed by atoms with Crippen molar-refractivity contribution >= 4 is 23.7 Å². The number of hydrazone groups is 1. The van der Waals surface area contributed by atoms with E-state index in [1.54, 1.807) is 30.5 Å². The first-order chi connectivity index (χ1) is 13.1. The minimum atomic E-state index is -0.318. The molecular formula is C21H25N3O3. The van der Waals surface area contributed by atoms with E-state index in [0.717, 1.165) is 24.2 Å². The van der Waals surface area contributed by atoms with Crippen molar-refractivity contribution in [1.29, 1.82) is 0 Å². The first-order valence-electron chi connectivity index (χ1n) is 9.08. The lowest BCUT2D eigenvalue weighted by Crippen LogP contribution is -2.17. The molecule has 2 amide bonds. The SMILES string of the molecule is CCCCC(=O)Nc1ccc(C(=O)N/N=C/c2ccc(OCC)cc2)cc1. The topological polar surface area (TPSA) is 79.8 Å². The predicted octanol–water partition coefficient (Wildman–Crippen LogP) is 3.98. The molecule has 0 aromatic heterocycles. The van der Waals surface area contributed by atoms with Crippen molar-refractivity contribution in [1.82, 2.24) is 5.43 Å². The molecule has 0 spiro atoms. The summed E-state index contributed by atoms with van der Waals surface area (Å²) in [6.07, 6.45) is 3.90. The molecule has 0 unspecified atom stereocenters. The van der Waals surface area contributed by atoms with Crippen LogP contribution in [0.3, 0.4) is 0 Å². The molecule has 2 N–H and O–H groups in total. The number of benzene rings is 2. The van der Waals surface area contributed by atoms with Gasteiger partial charge in [-0.15, -0.1) is 0 Å². The van der Waals surface area contributed by atoms with E-state index in [1.165, 1.54) is 0 Å². The molecule has 2 rings (SSSR count). The third kappa shape index (κ3) is 6.93. The molecule has 6 heteroatoms. The van der Waals surface area contributed by atoms with Crippen LogP contribution in [-0.4, -0.2) is 24.6 Å². The molecule has 2 aromatic carbocycles. The van der Waals surface area contributed by atoms with Gasteiger partial charge in [0.05, 0.1) is 12.8 Å². The van der Waals surface area contributed by atoms with E-state index in [1.807, 2.05) is 38.1 Å². The molecule has 0 aliphatic heterocycles. The van der Waals surface area contributed by atoms with Gasteiger partial charge in [0.15, 0.2) is 0 Å². The van der Waals surface area contributed by atoms with E-state index in [4.69, 9.17) is 4.74 Å². The van der Waals surface area contributed by atoms with Crippen molar-refractivity contribution in [2.24, 2.45) is 5.10 Å². The highest BCUT2D eigenvalue weighted by atomic mass is 16.5. The number of rotatable bonds is 9. The molecule has 6 nitrogen and oxygen atoms in total. The summed E-state index contributed by atoms with van der Waals surface area (Å²) in [6, 6.07) is 14.1. The molecule has 27 heavy (non-hydrogen) atoms. The second-order valence-corrected chi connectivity index (χ2v) is 5.93. The number of nitrogens with one attached hydrogen (secondary N) is 2. The van der Waals surface area contributed by atoms with E-state index < -0.39 is 0 Å². The summed E-state index contributed by atoms with van der Waals surface area (Å²) in [4.78, 5) is 23.8. The summed E-state index contributed by atoms with van der Waals surface area (Å²) in [5, 5.41) is 6.77. The summed E-state index contributed by atoms with van der Waals surface area (Å²) >= 11 is 0. The first kappa shape index (κ1) is 20.2. The third-order valence-electron chi connectivity index (χ3n) is 3.76. The Morgan fingerprint density at radius 1 is 1.04 bits per heavy atom. The molecule has 0 bridgehead atoms. The van der Waals surface area contributed by atoms with Crippen LogP contribution >= 0.6 is 0 Å². The van der Waals surface area contributed by atoms with E-state index >= 15 is 0 Å². The van der Waals surface area contributed by atoms with Crippen molar-refractivity contribution in [3.63, 3.8) is 0 Å². The third-order valence-corrected chi connectivity index (χ3v) is 3.76. The summed E-state index contributed by atoms with van der Waals surface area (Å²) in [5.41, 5.74) is 4.47. The van der Waals surface area contributed by atoms with Gasteiger partial charge in [-0.2, -0.15) is 5.10 Å². The van der Waals surface area contributed by atoms with Gasteiger partial charge in [-0.3, -0.25) is 9.59 Å². The fourth-order valence-electron chi connectivity index (χ4n) is 2.31. The molecule has 0 atom stereocenters. The molecule has 0 heterocycles. The van der Waals surface area contributed by atoms with Crippen LogP contribution < -0.4 is 15.5 Å². The monoisotopic (exact) mass is 367 g/mol. The predicted molar refractivity (Wildman–Crippen MR) is 107 cm³/mol. The van der Waals surface area contributed by atoms with Gasteiger partial charge in [0.1, 0.15) is 5.75 Å². The highest BCUT2D eigenvalue weighted by Crippen LogP contribution is 2.12. The van der Waals surface area contributed by atoms with Crippen molar-refractivity contribution < 1.29 is 14.3 Å². The van der Waals surface area contributed by atoms with Crippen LogP contribution in [-0.2, 0) is 4.79 Å². The summed E-state index contributed by atoms with van der Waals surface area (Å²) in [6.45, 7) is 4.58. The van der Waals surface area contributed by atoms with Crippen LogP contribution in [0.25, 0.3) is 0 Å². The highest BCUT2D eigenvalue weighted by Gasteiger charge is 2.06. The van der Waals surface area contributed by atoms with E-state index in [2.05, 4.69) is 15.8 Å². The molecule has 0 saturated heterocycles. The molecule has 0 fully saturated rings. The number of nitrogens with zero attached hydrogens (tertiary/aromatic N) is 1. The largest absolute Gasteiger partial charge is 0.494 e. The number of amides is 2. The lowest BCUT2D eigenvalue weighted by atomic mass is 10.2. The van der Waals surface area contributed by atoms with E-state index in [0.29, 0.717) is 24.3 Å². The molecule has 0 radical (unpaired) electrons. The van der Waals surface area contributed by atoms with Crippen LogP contribution in [0.1, 0.15) is 49.0 Å². The zero-order chi connectivity index (χ0) is 19.5. The Morgan fingerprint density at radius 2 is 1.74 bits per heavy atom. The van der Waals surface area contributed by atoms with Gasteiger partial charge in [0, 0.05) is 17.7 Å². The maximum Gasteiger partial charge on any atom is 0.271 e. The number of unbranched alkanes of at least 4 members (excludes halogenated alkanes) is 1. The van der Waals surface area contributed by atoms with Gasteiger partial charge in [-0.25, -0.2) is 5.43 Å². The lowest BCUT2D eigenvalue weighted by molar-refractivity contribution is -0.116. The average molecular weight is 367 g/mol. The van der Waals surface area contributed by atoms with Crippen LogP contribution in [0.2, 0.25) is 0 Å². The second-order valence-electron chi connectivity index (χ2n) is 5.93. The molecule has 2 aromatic rings. The highest BCUT2D eigenvalue weighted by molar-refractivity contribution is 5.96. The van der Waals surface area contributed by atoms with Gasteiger partial charge in [0.25, 0.3) is 5.91 Å². The Kier molecular flexibility index (Phi) is 8.03. The average Bonchev–Trinajstić information content (AvgIpc) is 2.68. The van der Waals surface area contributed by atoms with Gasteiger partial charge in [-0.05, 0) is 67.4 Å². The standard InChI is InChI=1S/C21H25N3O3/c1-3-5-6-20(25)23-18-11-9-17(10-12-18)21(26)24-22-15-16-7-13-19(14-8-16)27-4-2/h7-15H,3-6H2,1-2H3,(H,23,25)(H,24,26)/b22-15+. The van der Waals surface area contributed by atoms with Crippen LogP contribution in [0.4, 0.5) is 5.69 Å². The maximum atomic E-state index is 12.1. The minimum absolute atomic E-state index is 0.0194. The van der Waals surface area contributed by atoms with Crippen LogP contribution in [0.15, 0.2) is 53.6 Å². The second kappa shape index (κ2) is 10.8. The molecular weight excluding hydrogens is 342 g/mol. The fraction of sp³-hybridized carbons (Fsp3) is 0.286. The van der Waals surface area contributed by atoms with Crippen molar-refractivity contribution in [3.05, 3.63) is 59.7 Å². The van der Waals surface area contributed by atoms with Crippen molar-refractivity contribution in [3.8, 4) is 5.75 Å². The summed E-state index contributed by atoms with van der Waals surface area (Å²) in [7, 11) is 0. The maximum absolute atomic E-state index is 12.1. The minimum Gasteiger partial charge on any atom is -0.494 e. The van der Waals surface area contributed by atoms with Crippen molar-refractivity contribution in [2.75, 3.05) is 11.9 Å². The van der Waals surface area contributed by atoms with E-state index in [-0.39, 0.29) is 11.8 Å². The molecule has 0 aliphatic carbocycles. The van der Waals surface area contributed by atoms with Crippen molar-refractivity contribution in [2.45, 2.75) is 33.1 Å². The number of carbonyl (C=O) groups excluding carboxylic acids is 2. The van der Waals surface area contributed by atoms with Gasteiger partial charge >= 0.3 is 0 Å². The Hall–Kier alpha value is -3.15. The Labute approximate surface area is 159 Å². The zero-order valence-electron chi connectivity index (χ0n) is 15.7. The number of ether oxygens (including phenoxy) is 1. The smallest absolute Gasteiger partial charge is 0.271 e. The zero-order valence-corrected chi connectivity index (χ0v) is 15.7. The number of hydrogen-bond donors (Lipinski definition) is 2. The fourth-order valence-corrected chi connectivity index (χ4v) is 2.31. The normalized spacial score (nSPS) is 10.6. The molecule has 0 saturated carbocycles. The Balaban J connectivity index is 1.85. The van der Waals surface area contributed by atoms with E-state index in [9.17, 15) is 9.59 Å². The quantitative estimate of drug-likeness (QED) is 0.520. The molecule has 142 valence electrons. The van der Waals surface area contributed by atoms with Gasteiger partial charge in [-0.1, -0.05) is 13.3 Å². The van der Waals surface area contributed by atoms with Crippen LogP contribution in [0.5, 0.6) is 5.75 Å².